The number of thiazole rings is 1. The van der Waals surface area contributed by atoms with Crippen LogP contribution in [-0.2, 0) is 14.3 Å². The van der Waals surface area contributed by atoms with Gasteiger partial charge in [-0.15, -0.1) is 21.5 Å². The monoisotopic (exact) mass is 1110 g/mol. The van der Waals surface area contributed by atoms with Crippen molar-refractivity contribution in [2.45, 2.75) is 135 Å². The summed E-state index contributed by atoms with van der Waals surface area (Å²) < 4.78 is 14.8. The summed E-state index contributed by atoms with van der Waals surface area (Å²) in [6.45, 7) is 18.7. The summed E-state index contributed by atoms with van der Waals surface area (Å²) in [6, 6.07) is 18.2. The number of nitrogens with two attached hydrogens (primary N) is 1. The summed E-state index contributed by atoms with van der Waals surface area (Å²) in [4.78, 5) is 42.8. The van der Waals surface area contributed by atoms with E-state index in [0.717, 1.165) is 128 Å². The number of ether oxygens (including phenoxy) is 1. The van der Waals surface area contributed by atoms with E-state index in [9.17, 15) is 19.8 Å². The van der Waals surface area contributed by atoms with Gasteiger partial charge in [0.05, 0.1) is 58.4 Å². The van der Waals surface area contributed by atoms with Crippen molar-refractivity contribution in [2.75, 3.05) is 69.5 Å². The summed E-state index contributed by atoms with van der Waals surface area (Å²) in [5.74, 6) is 2.52. The molecule has 2 amide bonds. The predicted octanol–water partition coefficient (Wildman–Crippen LogP) is 8.74. The molecule has 5 atom stereocenters. The van der Waals surface area contributed by atoms with Crippen LogP contribution in [0, 0.1) is 30.6 Å². The number of piperidine rings is 3. The van der Waals surface area contributed by atoms with Gasteiger partial charge in [0.1, 0.15) is 17.7 Å². The van der Waals surface area contributed by atoms with Crippen molar-refractivity contribution in [3.8, 4) is 38.6 Å². The molecule has 0 spiro atoms. The second kappa shape index (κ2) is 24.5. The molecule has 1 aliphatic carbocycles. The average Bonchev–Trinajstić information content (AvgIpc) is 4.30. The number of phenolic OH excluding ortho intramolecular Hbond substituents is 1. The lowest BCUT2D eigenvalue weighted by molar-refractivity contribution is -0.141. The van der Waals surface area contributed by atoms with E-state index in [2.05, 4.69) is 58.2 Å². The minimum Gasteiger partial charge on any atom is -0.507 e. The third-order valence-electron chi connectivity index (χ3n) is 18.1. The van der Waals surface area contributed by atoms with E-state index in [0.29, 0.717) is 34.9 Å². The number of carbonyl (C=O) groups is 2. The molecule has 0 unspecified atom stereocenters. The van der Waals surface area contributed by atoms with Crippen molar-refractivity contribution in [2.24, 2.45) is 23.7 Å². The van der Waals surface area contributed by atoms with E-state index in [1.165, 1.54) is 30.8 Å². The number of aromatic nitrogens is 6. The Morgan fingerprint density at radius 1 is 0.838 bits per heavy atom. The number of aliphatic hydroxyl groups is 1. The number of aliphatic hydroxyl groups excluding tert-OH is 1. The summed E-state index contributed by atoms with van der Waals surface area (Å²) in [5.41, 5.74) is 14.0. The van der Waals surface area contributed by atoms with E-state index in [-0.39, 0.29) is 54.6 Å². The van der Waals surface area contributed by atoms with Crippen LogP contribution in [0.1, 0.15) is 121 Å². The van der Waals surface area contributed by atoms with Crippen molar-refractivity contribution in [1.29, 1.82) is 0 Å². The first-order chi connectivity index (χ1) is 38.7. The molecule has 19 heteroatoms. The third kappa shape index (κ3) is 12.5. The molecule has 11 rings (SSSR count). The maximum absolute atomic E-state index is 14.4. The summed E-state index contributed by atoms with van der Waals surface area (Å²) in [5, 5.41) is 42.0. The standard InChI is InChI=1S/C61H80N12O6S/c1-37(2)57(61(77)72-35-47(74)28-53(72)60(76)65-38(3)43-10-12-45(13-11-43)58-39(4)63-36-80-58)55-30-56(68-79-55)71-24-18-49(19-25-71)78-48-16-22-70(23-17-48)33-42-26-41(27-42)32-69-20-14-44(15-21-69)40(5)73-34-46(31-64-73)51-29-52(66-67-59(51)62)50-8-6-7-9-54(50)75/h6-13,29-31,34,36-38,40-42,44,47-49,53,57,74-75H,14-28,32-33,35H2,1-5H3,(H2,62,67)(H,65,76)/t38-,40-,41?,42?,47+,53-,57+/m0/s1. The Morgan fingerprint density at radius 2 is 1.51 bits per heavy atom. The summed E-state index contributed by atoms with van der Waals surface area (Å²) in [6.07, 6.45) is 12.7. The van der Waals surface area contributed by atoms with E-state index in [1.54, 1.807) is 23.5 Å². The molecular weight excluding hydrogens is 1030 g/mol. The number of nitrogen functional groups attached to an aromatic ring is 1. The average molecular weight is 1110 g/mol. The molecule has 2 aromatic carbocycles. The zero-order valence-electron chi connectivity index (χ0n) is 47.1. The lowest BCUT2D eigenvalue weighted by atomic mass is 9.74. The Bertz CT molecular complexity index is 3040. The molecule has 5 N–H and O–H groups in total. The van der Waals surface area contributed by atoms with Gasteiger partial charge in [0, 0.05) is 81.2 Å². The number of nitrogens with zero attached hydrogens (tertiary/aromatic N) is 10. The third-order valence-corrected chi connectivity index (χ3v) is 19.1. The SMILES string of the molecule is Cc1ncsc1-c1ccc([C@H](C)NC(=O)[C@@H]2C[C@@H](O)CN2C(=O)[C@@H](c2cc(N3CCC(OC4CCN(CC5CC(CN6CCC([C@H](C)n7cc(-c8cc(-c9ccccc9O)nnc8N)cn7)CC6)C5)CC4)CC3)no2)C(C)C)cc1. The van der Waals surface area contributed by atoms with Gasteiger partial charge < -0.3 is 50.1 Å². The smallest absolute Gasteiger partial charge is 0.243 e. The van der Waals surface area contributed by atoms with E-state index < -0.39 is 18.1 Å². The van der Waals surface area contributed by atoms with Gasteiger partial charge in [-0.2, -0.15) is 5.10 Å². The van der Waals surface area contributed by atoms with Crippen molar-refractivity contribution in [3.05, 3.63) is 95.6 Å². The van der Waals surface area contributed by atoms with Crippen LogP contribution in [0.25, 0.3) is 32.8 Å². The molecule has 426 valence electrons. The molecule has 4 aliphatic heterocycles. The highest BCUT2D eigenvalue weighted by Gasteiger charge is 2.44. The van der Waals surface area contributed by atoms with Crippen LogP contribution < -0.4 is 16.0 Å². The number of benzene rings is 2. The number of para-hydroxylation sites is 1. The van der Waals surface area contributed by atoms with Crippen LogP contribution >= 0.6 is 11.3 Å². The number of nitrogens with one attached hydrogen (secondary N) is 1. The molecular formula is C61H80N12O6S. The Morgan fingerprint density at radius 3 is 2.17 bits per heavy atom. The van der Waals surface area contributed by atoms with Crippen LogP contribution in [-0.4, -0.2) is 150 Å². The number of rotatable bonds is 18. The number of β-amino-alcohol motifs (C(OH)–C–C–N with tert-alkyl or cyclic N) is 1. The molecule has 1 saturated carbocycles. The number of hydrogen-bond acceptors (Lipinski definition) is 16. The quantitative estimate of drug-likeness (QED) is 0.0633. The number of phenols is 1. The zero-order chi connectivity index (χ0) is 55.6. The lowest BCUT2D eigenvalue weighted by Crippen LogP contribution is -2.48. The van der Waals surface area contributed by atoms with Crippen LogP contribution in [0.5, 0.6) is 5.75 Å². The number of carbonyl (C=O) groups excluding carboxylic acids is 2. The van der Waals surface area contributed by atoms with Crippen molar-refractivity contribution in [1.82, 2.24) is 50.1 Å². The number of amides is 2. The lowest BCUT2D eigenvalue weighted by Gasteiger charge is -2.44. The van der Waals surface area contributed by atoms with Gasteiger partial charge in [-0.25, -0.2) is 4.98 Å². The molecule has 8 heterocycles. The fraction of sp³-hybridized carbons (Fsp3) is 0.557. The first-order valence-corrected chi connectivity index (χ1v) is 30.2. The van der Waals surface area contributed by atoms with Gasteiger partial charge >= 0.3 is 0 Å². The fourth-order valence-electron chi connectivity index (χ4n) is 13.3. The van der Waals surface area contributed by atoms with Crippen LogP contribution in [0.4, 0.5) is 11.6 Å². The normalized spacial score (nSPS) is 23.1. The number of likely N-dealkylation sites (tertiary alicyclic amines) is 3. The van der Waals surface area contributed by atoms with Gasteiger partial charge in [0.2, 0.25) is 11.8 Å². The fourth-order valence-corrected chi connectivity index (χ4v) is 14.1. The summed E-state index contributed by atoms with van der Waals surface area (Å²) >= 11 is 1.60. The molecule has 5 aliphatic rings. The van der Waals surface area contributed by atoms with Crippen molar-refractivity contribution in [3.63, 3.8) is 0 Å². The highest BCUT2D eigenvalue weighted by Crippen LogP contribution is 2.39. The van der Waals surface area contributed by atoms with Crippen molar-refractivity contribution < 1.29 is 29.1 Å². The van der Waals surface area contributed by atoms with E-state index in [1.807, 2.05) is 87.9 Å². The molecule has 5 fully saturated rings. The molecule has 0 radical (unpaired) electrons. The Balaban J connectivity index is 0.576. The molecule has 80 heavy (non-hydrogen) atoms. The Hall–Kier alpha value is -6.25. The van der Waals surface area contributed by atoms with E-state index >= 15 is 0 Å². The van der Waals surface area contributed by atoms with Crippen LogP contribution in [0.2, 0.25) is 0 Å². The number of aryl methyl sites for hydroxylation is 1. The molecule has 18 nitrogen and oxygen atoms in total. The van der Waals surface area contributed by atoms with Gasteiger partial charge in [-0.05, 0) is 138 Å². The zero-order valence-corrected chi connectivity index (χ0v) is 47.9. The minimum absolute atomic E-state index is 0.0859. The Labute approximate surface area is 474 Å². The van der Waals surface area contributed by atoms with Crippen LogP contribution in [0.15, 0.2) is 83.1 Å². The predicted molar refractivity (Wildman–Crippen MR) is 310 cm³/mol. The van der Waals surface area contributed by atoms with Crippen molar-refractivity contribution >= 4 is 34.8 Å². The first-order valence-electron chi connectivity index (χ1n) is 29.3. The highest BCUT2D eigenvalue weighted by molar-refractivity contribution is 7.13. The Kier molecular flexibility index (Phi) is 17.0. The molecule has 4 aromatic heterocycles. The second-order valence-electron chi connectivity index (χ2n) is 24.0. The van der Waals surface area contributed by atoms with Gasteiger partial charge in [-0.1, -0.05) is 55.4 Å². The van der Waals surface area contributed by atoms with Gasteiger partial charge in [0.25, 0.3) is 0 Å². The number of hydrogen-bond donors (Lipinski definition) is 4. The first kappa shape index (κ1) is 55.6. The number of aromatic hydroxyl groups is 1. The molecule has 6 aromatic rings. The summed E-state index contributed by atoms with van der Waals surface area (Å²) in [7, 11) is 0. The number of anilines is 2. The van der Waals surface area contributed by atoms with Gasteiger partial charge in [-0.3, -0.25) is 14.3 Å². The van der Waals surface area contributed by atoms with Crippen LogP contribution in [0.3, 0.4) is 0 Å². The second-order valence-corrected chi connectivity index (χ2v) is 24.8. The van der Waals surface area contributed by atoms with E-state index in [4.69, 9.17) is 20.1 Å². The molecule has 4 saturated heterocycles. The highest BCUT2D eigenvalue weighted by atomic mass is 32.1. The maximum atomic E-state index is 14.4. The largest absolute Gasteiger partial charge is 0.507 e. The maximum Gasteiger partial charge on any atom is 0.243 e. The minimum atomic E-state index is -0.800. The molecule has 0 bridgehead atoms. The topological polar surface area (TPSA) is 217 Å². The van der Waals surface area contributed by atoms with Gasteiger partial charge in [0.15, 0.2) is 17.4 Å².